The number of rotatable bonds is 6. The monoisotopic (exact) mass is 446 g/mol. The third kappa shape index (κ3) is 4.15. The Kier molecular flexibility index (Phi) is 6.33. The lowest BCUT2D eigenvalue weighted by Gasteiger charge is -2.23. The Morgan fingerprint density at radius 3 is 2.66 bits per heavy atom. The van der Waals surface area contributed by atoms with Crippen molar-refractivity contribution in [3.8, 4) is 17.1 Å². The van der Waals surface area contributed by atoms with Crippen LogP contribution in [-0.4, -0.2) is 34.2 Å². The summed E-state index contributed by atoms with van der Waals surface area (Å²) in [5.74, 6) is 3.09. The first-order valence-electron chi connectivity index (χ1n) is 10.8. The number of aromatic nitrogens is 2. The van der Waals surface area contributed by atoms with E-state index in [1.54, 1.807) is 23.5 Å². The van der Waals surface area contributed by atoms with Crippen molar-refractivity contribution in [3.05, 3.63) is 65.0 Å². The summed E-state index contributed by atoms with van der Waals surface area (Å²) in [4.78, 5) is 12.4. The normalized spacial score (nSPS) is 12.8. The van der Waals surface area contributed by atoms with Crippen LogP contribution in [0.5, 0.6) is 5.75 Å². The fourth-order valence-electron chi connectivity index (χ4n) is 4.19. The number of hydrogen-bond donors (Lipinski definition) is 2. The molecule has 0 unspecified atom stereocenters. The largest absolute Gasteiger partial charge is 0.508 e. The molecule has 0 aliphatic carbocycles. The van der Waals surface area contributed by atoms with Crippen molar-refractivity contribution in [1.29, 1.82) is 0 Å². The molecule has 0 saturated heterocycles. The van der Waals surface area contributed by atoms with Gasteiger partial charge in [0.2, 0.25) is 0 Å². The molecule has 0 spiro atoms. The number of anilines is 2. The van der Waals surface area contributed by atoms with Gasteiger partial charge in [0.05, 0.1) is 0 Å². The van der Waals surface area contributed by atoms with E-state index in [2.05, 4.69) is 53.7 Å². The number of hydrogen-bond acceptors (Lipinski definition) is 6. The summed E-state index contributed by atoms with van der Waals surface area (Å²) in [6.45, 7) is 6.19. The molecule has 0 radical (unpaired) electrons. The first-order chi connectivity index (χ1) is 15.1. The van der Waals surface area contributed by atoms with Crippen LogP contribution >= 0.6 is 11.3 Å². The SMILES string of the molecule is C.CC(C)N1CCc2c(NCCc3ccc(O)cc3)nc(-c3csc4ccccc34)nc21. The summed E-state index contributed by atoms with van der Waals surface area (Å²) in [6.07, 6.45) is 1.82. The van der Waals surface area contributed by atoms with E-state index in [0.29, 0.717) is 11.8 Å². The molecule has 1 aliphatic heterocycles. The second-order valence-corrected chi connectivity index (χ2v) is 9.14. The highest BCUT2D eigenvalue weighted by Gasteiger charge is 2.28. The minimum absolute atomic E-state index is 0. The standard InChI is InChI=1S/C25H26N4OS.CH4/c1-16(2)29-14-12-20-23(26-13-11-17-7-9-18(30)10-8-17)27-24(28-25(20)29)21-15-31-22-6-4-3-5-19(21)22;/h3-10,15-16,30H,11-14H2,1-2H3,(H,26,27,28);1H4. The second kappa shape index (κ2) is 9.17. The molecule has 166 valence electrons. The van der Waals surface area contributed by atoms with E-state index in [0.717, 1.165) is 49.0 Å². The molecule has 0 amide bonds. The average molecular weight is 447 g/mol. The highest BCUT2D eigenvalue weighted by atomic mass is 32.1. The van der Waals surface area contributed by atoms with E-state index < -0.39 is 0 Å². The molecule has 1 aliphatic rings. The van der Waals surface area contributed by atoms with Gasteiger partial charge in [-0.15, -0.1) is 11.3 Å². The molecule has 2 N–H and O–H groups in total. The van der Waals surface area contributed by atoms with Crippen molar-refractivity contribution < 1.29 is 5.11 Å². The summed E-state index contributed by atoms with van der Waals surface area (Å²) in [6, 6.07) is 16.2. The minimum atomic E-state index is 0. The maximum Gasteiger partial charge on any atom is 0.165 e. The van der Waals surface area contributed by atoms with Gasteiger partial charge in [-0.05, 0) is 50.5 Å². The lowest BCUT2D eigenvalue weighted by atomic mass is 10.1. The number of benzene rings is 2. The molecule has 0 atom stereocenters. The Morgan fingerprint density at radius 2 is 1.88 bits per heavy atom. The smallest absolute Gasteiger partial charge is 0.165 e. The van der Waals surface area contributed by atoms with Gasteiger partial charge in [-0.2, -0.15) is 0 Å². The summed E-state index contributed by atoms with van der Waals surface area (Å²) < 4.78 is 1.25. The van der Waals surface area contributed by atoms with Crippen LogP contribution in [0.4, 0.5) is 11.6 Å². The lowest BCUT2D eigenvalue weighted by molar-refractivity contribution is 0.475. The first-order valence-corrected chi connectivity index (χ1v) is 11.6. The van der Waals surface area contributed by atoms with Gasteiger partial charge in [0.1, 0.15) is 17.4 Å². The Labute approximate surface area is 193 Å². The Balaban J connectivity index is 0.00000245. The van der Waals surface area contributed by atoms with Crippen LogP contribution < -0.4 is 10.2 Å². The zero-order valence-electron chi connectivity index (χ0n) is 17.8. The molecule has 0 fully saturated rings. The molecule has 2 aromatic carbocycles. The maximum absolute atomic E-state index is 9.50. The molecule has 4 aromatic rings. The minimum Gasteiger partial charge on any atom is -0.508 e. The Bertz CT molecular complexity index is 1220. The van der Waals surface area contributed by atoms with Gasteiger partial charge in [-0.3, -0.25) is 0 Å². The molecule has 5 nitrogen and oxygen atoms in total. The molecule has 2 aromatic heterocycles. The van der Waals surface area contributed by atoms with E-state index in [-0.39, 0.29) is 7.43 Å². The number of nitrogens with one attached hydrogen (secondary N) is 1. The van der Waals surface area contributed by atoms with Crippen LogP contribution in [0.15, 0.2) is 53.9 Å². The molecule has 5 rings (SSSR count). The zero-order chi connectivity index (χ0) is 21.4. The van der Waals surface area contributed by atoms with Crippen LogP contribution in [0.25, 0.3) is 21.5 Å². The fraction of sp³-hybridized carbons (Fsp3) is 0.308. The number of phenolic OH excluding ortho intramolecular Hbond substituents is 1. The second-order valence-electron chi connectivity index (χ2n) is 8.22. The maximum atomic E-state index is 9.50. The summed E-state index contributed by atoms with van der Waals surface area (Å²) in [5.41, 5.74) is 3.49. The van der Waals surface area contributed by atoms with Crippen molar-refractivity contribution in [2.24, 2.45) is 0 Å². The number of thiophene rings is 1. The predicted octanol–water partition coefficient (Wildman–Crippen LogP) is 6.13. The Hall–Kier alpha value is -3.12. The van der Waals surface area contributed by atoms with Crippen molar-refractivity contribution in [1.82, 2.24) is 9.97 Å². The summed E-state index contributed by atoms with van der Waals surface area (Å²) >= 11 is 1.74. The fourth-order valence-corrected chi connectivity index (χ4v) is 5.13. The lowest BCUT2D eigenvalue weighted by Crippen LogP contribution is -2.29. The number of nitrogens with zero attached hydrogens (tertiary/aromatic N) is 3. The van der Waals surface area contributed by atoms with Gasteiger partial charge in [0, 0.05) is 45.7 Å². The molecule has 6 heteroatoms. The molecule has 0 bridgehead atoms. The van der Waals surface area contributed by atoms with Crippen LogP contribution in [0.1, 0.15) is 32.4 Å². The van der Waals surface area contributed by atoms with E-state index in [1.807, 2.05) is 12.1 Å². The quantitative estimate of drug-likeness (QED) is 0.373. The average Bonchev–Trinajstić information content (AvgIpc) is 3.39. The Morgan fingerprint density at radius 1 is 1.09 bits per heavy atom. The van der Waals surface area contributed by atoms with Crippen LogP contribution in [-0.2, 0) is 12.8 Å². The van der Waals surface area contributed by atoms with E-state index in [9.17, 15) is 5.11 Å². The van der Waals surface area contributed by atoms with Gasteiger partial charge in [-0.25, -0.2) is 9.97 Å². The van der Waals surface area contributed by atoms with Crippen LogP contribution in [0, 0.1) is 0 Å². The third-order valence-electron chi connectivity index (χ3n) is 5.85. The topological polar surface area (TPSA) is 61.3 Å². The molecule has 3 heterocycles. The van der Waals surface area contributed by atoms with Crippen molar-refractivity contribution >= 4 is 33.1 Å². The van der Waals surface area contributed by atoms with Gasteiger partial charge in [0.25, 0.3) is 0 Å². The van der Waals surface area contributed by atoms with Gasteiger partial charge in [-0.1, -0.05) is 37.8 Å². The number of phenols is 1. The van der Waals surface area contributed by atoms with Crippen molar-refractivity contribution in [2.45, 2.75) is 40.2 Å². The molecule has 0 saturated carbocycles. The van der Waals surface area contributed by atoms with Crippen molar-refractivity contribution in [2.75, 3.05) is 23.3 Å². The van der Waals surface area contributed by atoms with Crippen LogP contribution in [0.3, 0.4) is 0 Å². The van der Waals surface area contributed by atoms with Gasteiger partial charge < -0.3 is 15.3 Å². The summed E-state index contributed by atoms with van der Waals surface area (Å²) in [5, 5.41) is 16.4. The number of aromatic hydroxyl groups is 1. The highest BCUT2D eigenvalue weighted by Crippen LogP contribution is 2.38. The zero-order valence-corrected chi connectivity index (χ0v) is 18.6. The first kappa shape index (κ1) is 22.1. The van der Waals surface area contributed by atoms with E-state index in [4.69, 9.17) is 9.97 Å². The predicted molar refractivity (Wildman–Crippen MR) is 136 cm³/mol. The van der Waals surface area contributed by atoms with Gasteiger partial charge in [0.15, 0.2) is 5.82 Å². The summed E-state index contributed by atoms with van der Waals surface area (Å²) in [7, 11) is 0. The van der Waals surface area contributed by atoms with Crippen molar-refractivity contribution in [3.63, 3.8) is 0 Å². The van der Waals surface area contributed by atoms with E-state index in [1.165, 1.54) is 21.2 Å². The molecular weight excluding hydrogens is 416 g/mol. The highest BCUT2D eigenvalue weighted by molar-refractivity contribution is 7.17. The number of fused-ring (bicyclic) bond motifs is 2. The molecule has 32 heavy (non-hydrogen) atoms. The molecular formula is C26H30N4OS. The third-order valence-corrected chi connectivity index (χ3v) is 6.81. The van der Waals surface area contributed by atoms with Gasteiger partial charge >= 0.3 is 0 Å². The van der Waals surface area contributed by atoms with E-state index >= 15 is 0 Å². The van der Waals surface area contributed by atoms with Crippen LogP contribution in [0.2, 0.25) is 0 Å².